The molecule has 1 saturated heterocycles. The smallest absolute Gasteiger partial charge is 0.246 e. The highest BCUT2D eigenvalue weighted by atomic mass is 16.5. The average Bonchev–Trinajstić information content (AvgIpc) is 3.11. The van der Waals surface area contributed by atoms with Gasteiger partial charge in [-0.15, -0.1) is 0 Å². The first kappa shape index (κ1) is 22.4. The molecule has 1 aliphatic heterocycles. The first-order valence-corrected chi connectivity index (χ1v) is 11.2. The first-order chi connectivity index (χ1) is 16.2. The number of nitriles is 1. The summed E-state index contributed by atoms with van der Waals surface area (Å²) in [5, 5.41) is 12.6. The van der Waals surface area contributed by atoms with Crippen molar-refractivity contribution < 1.29 is 9.53 Å². The van der Waals surface area contributed by atoms with Gasteiger partial charge in [-0.2, -0.15) is 5.26 Å². The number of para-hydroxylation sites is 1. The molecule has 168 valence electrons. The fourth-order valence-corrected chi connectivity index (χ4v) is 4.36. The molecule has 0 aromatic heterocycles. The van der Waals surface area contributed by atoms with Crippen LogP contribution in [0.1, 0.15) is 23.6 Å². The Morgan fingerprint density at radius 1 is 0.970 bits per heavy atom. The number of benzene rings is 3. The Hall–Kier alpha value is -3.82. The molecule has 4 rings (SSSR count). The van der Waals surface area contributed by atoms with E-state index in [-0.39, 0.29) is 5.91 Å². The maximum Gasteiger partial charge on any atom is 0.246 e. The number of nitrogens with one attached hydrogen (secondary N) is 1. The van der Waals surface area contributed by atoms with Gasteiger partial charge < -0.3 is 15.0 Å². The molecule has 1 N–H and O–H groups in total. The van der Waals surface area contributed by atoms with Crippen LogP contribution in [0.3, 0.4) is 0 Å². The minimum atomic E-state index is -0.413. The summed E-state index contributed by atoms with van der Waals surface area (Å²) in [6.07, 6.45) is 0.898. The second kappa shape index (κ2) is 10.7. The van der Waals surface area contributed by atoms with Crippen molar-refractivity contribution in [1.29, 1.82) is 5.26 Å². The number of hydrogen-bond donors (Lipinski definition) is 1. The third-order valence-electron chi connectivity index (χ3n) is 5.96. The van der Waals surface area contributed by atoms with E-state index >= 15 is 0 Å². The lowest BCUT2D eigenvalue weighted by molar-refractivity contribution is -0.121. The molecule has 0 saturated carbocycles. The Morgan fingerprint density at radius 3 is 2.55 bits per heavy atom. The van der Waals surface area contributed by atoms with E-state index in [4.69, 9.17) is 4.74 Å². The Bertz CT molecular complexity index is 1130. The van der Waals surface area contributed by atoms with E-state index in [0.29, 0.717) is 23.5 Å². The van der Waals surface area contributed by atoms with Crippen LogP contribution in [0.15, 0.2) is 78.9 Å². The Labute approximate surface area is 195 Å². The second-order valence-corrected chi connectivity index (χ2v) is 8.04. The Kier molecular flexibility index (Phi) is 7.23. The van der Waals surface area contributed by atoms with Gasteiger partial charge in [0, 0.05) is 37.9 Å². The molecule has 1 aliphatic rings. The van der Waals surface area contributed by atoms with Crippen molar-refractivity contribution in [3.8, 4) is 11.8 Å². The Balaban J connectivity index is 1.56. The standard InChI is InChI=1S/C27H28N4O2/c1-33-24-13-7-12-23(19-24)29-27(32)26(21-9-3-2-4-10-21)31-16-8-15-30(17-18-31)25-14-6-5-11-22(25)20-28/h2-7,9-14,19,26H,8,15-18H2,1H3,(H,29,32). The molecule has 3 aromatic rings. The van der Waals surface area contributed by atoms with Gasteiger partial charge in [0.05, 0.1) is 18.4 Å². The lowest BCUT2D eigenvalue weighted by atomic mass is 10.0. The van der Waals surface area contributed by atoms with E-state index in [0.717, 1.165) is 37.3 Å². The van der Waals surface area contributed by atoms with Crippen LogP contribution in [0.2, 0.25) is 0 Å². The number of methoxy groups -OCH3 is 1. The number of hydrogen-bond acceptors (Lipinski definition) is 5. The molecule has 0 aliphatic carbocycles. The van der Waals surface area contributed by atoms with Crippen molar-refractivity contribution in [1.82, 2.24) is 4.90 Å². The molecule has 6 nitrogen and oxygen atoms in total. The van der Waals surface area contributed by atoms with Gasteiger partial charge in [-0.1, -0.05) is 48.5 Å². The Morgan fingerprint density at radius 2 is 1.76 bits per heavy atom. The summed E-state index contributed by atoms with van der Waals surface area (Å²) in [4.78, 5) is 18.0. The largest absolute Gasteiger partial charge is 0.497 e. The van der Waals surface area contributed by atoms with Crippen molar-refractivity contribution in [3.63, 3.8) is 0 Å². The molecule has 6 heteroatoms. The lowest BCUT2D eigenvalue weighted by Crippen LogP contribution is -2.39. The third kappa shape index (κ3) is 5.33. The molecule has 0 radical (unpaired) electrons. The van der Waals surface area contributed by atoms with Gasteiger partial charge in [0.15, 0.2) is 0 Å². The van der Waals surface area contributed by atoms with Gasteiger partial charge in [-0.25, -0.2) is 0 Å². The minimum absolute atomic E-state index is 0.0691. The number of carbonyl (C=O) groups is 1. The highest BCUT2D eigenvalue weighted by Gasteiger charge is 2.30. The van der Waals surface area contributed by atoms with Crippen LogP contribution in [0.5, 0.6) is 5.75 Å². The van der Waals surface area contributed by atoms with Gasteiger partial charge >= 0.3 is 0 Å². The minimum Gasteiger partial charge on any atom is -0.497 e. The predicted octanol–water partition coefficient (Wildman–Crippen LogP) is 4.46. The van der Waals surface area contributed by atoms with Crippen molar-refractivity contribution >= 4 is 17.3 Å². The molecule has 1 amide bonds. The number of nitrogens with zero attached hydrogens (tertiary/aromatic N) is 3. The van der Waals surface area contributed by atoms with Crippen LogP contribution in [0.25, 0.3) is 0 Å². The van der Waals surface area contributed by atoms with Crippen molar-refractivity contribution in [2.75, 3.05) is 43.5 Å². The van der Waals surface area contributed by atoms with E-state index < -0.39 is 6.04 Å². The van der Waals surface area contributed by atoms with Crippen LogP contribution >= 0.6 is 0 Å². The maximum absolute atomic E-state index is 13.5. The SMILES string of the molecule is COc1cccc(NC(=O)C(c2ccccc2)N2CCCN(c3ccccc3C#N)CC2)c1. The van der Waals surface area contributed by atoms with Gasteiger partial charge in [0.1, 0.15) is 17.9 Å². The van der Waals surface area contributed by atoms with Crippen LogP contribution < -0.4 is 15.0 Å². The van der Waals surface area contributed by atoms with Crippen molar-refractivity contribution in [3.05, 3.63) is 90.0 Å². The zero-order valence-electron chi connectivity index (χ0n) is 18.8. The fraction of sp³-hybridized carbons (Fsp3) is 0.259. The molecule has 1 fully saturated rings. The second-order valence-electron chi connectivity index (χ2n) is 8.04. The van der Waals surface area contributed by atoms with Gasteiger partial charge in [-0.05, 0) is 36.2 Å². The van der Waals surface area contributed by atoms with Gasteiger partial charge in [0.2, 0.25) is 5.91 Å². The van der Waals surface area contributed by atoms with Crippen molar-refractivity contribution in [2.45, 2.75) is 12.5 Å². The normalized spacial score (nSPS) is 15.2. The topological polar surface area (TPSA) is 68.6 Å². The van der Waals surface area contributed by atoms with Crippen LogP contribution in [0.4, 0.5) is 11.4 Å². The van der Waals surface area contributed by atoms with Gasteiger partial charge in [0.25, 0.3) is 0 Å². The molecular formula is C27H28N4O2. The fourth-order valence-electron chi connectivity index (χ4n) is 4.36. The molecule has 3 aromatic carbocycles. The molecule has 33 heavy (non-hydrogen) atoms. The zero-order chi connectivity index (χ0) is 23.0. The van der Waals surface area contributed by atoms with E-state index in [2.05, 4.69) is 21.2 Å². The number of ether oxygens (including phenoxy) is 1. The van der Waals surface area contributed by atoms with Crippen molar-refractivity contribution in [2.24, 2.45) is 0 Å². The molecule has 0 spiro atoms. The third-order valence-corrected chi connectivity index (χ3v) is 5.96. The average molecular weight is 441 g/mol. The molecule has 1 atom stereocenters. The summed E-state index contributed by atoms with van der Waals surface area (Å²) < 4.78 is 5.30. The number of anilines is 2. The summed E-state index contributed by atoms with van der Waals surface area (Å²) in [6.45, 7) is 3.09. The van der Waals surface area contributed by atoms with E-state index in [1.54, 1.807) is 7.11 Å². The summed E-state index contributed by atoms with van der Waals surface area (Å²) in [7, 11) is 1.61. The number of rotatable bonds is 6. The van der Waals surface area contributed by atoms with E-state index in [1.165, 1.54) is 0 Å². The summed E-state index contributed by atoms with van der Waals surface area (Å²) in [5.41, 5.74) is 3.31. The zero-order valence-corrected chi connectivity index (χ0v) is 18.8. The summed E-state index contributed by atoms with van der Waals surface area (Å²) in [6, 6.07) is 26.9. The molecule has 0 bridgehead atoms. The summed E-state index contributed by atoms with van der Waals surface area (Å²) in [5.74, 6) is 0.631. The van der Waals surface area contributed by atoms with Crippen LogP contribution in [0, 0.1) is 11.3 Å². The number of carbonyl (C=O) groups excluding carboxylic acids is 1. The molecule has 1 heterocycles. The quantitative estimate of drug-likeness (QED) is 0.613. The highest BCUT2D eigenvalue weighted by molar-refractivity contribution is 5.95. The highest BCUT2D eigenvalue weighted by Crippen LogP contribution is 2.27. The van der Waals surface area contributed by atoms with Gasteiger partial charge in [-0.3, -0.25) is 9.69 Å². The summed E-state index contributed by atoms with van der Waals surface area (Å²) >= 11 is 0. The van der Waals surface area contributed by atoms with E-state index in [1.807, 2.05) is 78.9 Å². The van der Waals surface area contributed by atoms with Crippen LogP contribution in [-0.4, -0.2) is 44.1 Å². The monoisotopic (exact) mass is 440 g/mol. The predicted molar refractivity (Wildman–Crippen MR) is 130 cm³/mol. The molecule has 1 unspecified atom stereocenters. The van der Waals surface area contributed by atoms with E-state index in [9.17, 15) is 10.1 Å². The maximum atomic E-state index is 13.5. The van der Waals surface area contributed by atoms with Crippen LogP contribution in [-0.2, 0) is 4.79 Å². The number of amides is 1. The molecular weight excluding hydrogens is 412 g/mol. The lowest BCUT2D eigenvalue weighted by Gasteiger charge is -2.30. The first-order valence-electron chi connectivity index (χ1n) is 11.2.